The van der Waals surface area contributed by atoms with Crippen LogP contribution in [0, 0.1) is 20.2 Å². The third-order valence-electron chi connectivity index (χ3n) is 1.29. The number of halogens is 1. The van der Waals surface area contributed by atoms with Gasteiger partial charge in [0.25, 0.3) is 11.4 Å². The molecule has 13 heavy (non-hydrogen) atoms. The van der Waals surface area contributed by atoms with Gasteiger partial charge in [-0.1, -0.05) is 11.6 Å². The lowest BCUT2D eigenvalue weighted by atomic mass is 10.3. The van der Waals surface area contributed by atoms with Crippen LogP contribution in [-0.4, -0.2) is 9.85 Å². The van der Waals surface area contributed by atoms with Crippen molar-refractivity contribution in [3.63, 3.8) is 0 Å². The lowest BCUT2D eigenvalue weighted by Crippen LogP contribution is -1.92. The number of benzene rings is 1. The second kappa shape index (κ2) is 3.36. The Labute approximate surface area is 77.0 Å². The van der Waals surface area contributed by atoms with Gasteiger partial charge in [0.15, 0.2) is 0 Å². The number of non-ortho nitro benzene ring substituents is 2. The molecule has 0 fully saturated rings. The van der Waals surface area contributed by atoms with Gasteiger partial charge >= 0.3 is 0 Å². The molecule has 1 rings (SSSR count). The molecule has 0 bridgehead atoms. The molecular weight excluding hydrogens is 200 g/mol. The summed E-state index contributed by atoms with van der Waals surface area (Å²) in [5.41, 5.74) is -0.779. The van der Waals surface area contributed by atoms with E-state index in [9.17, 15) is 20.2 Å². The van der Waals surface area contributed by atoms with E-state index >= 15 is 0 Å². The minimum absolute atomic E-state index is 0.0269. The summed E-state index contributed by atoms with van der Waals surface area (Å²) in [4.78, 5) is 19.0. The van der Waals surface area contributed by atoms with Gasteiger partial charge in [-0.2, -0.15) is 0 Å². The van der Waals surface area contributed by atoms with Crippen molar-refractivity contribution in [2.75, 3.05) is 0 Å². The summed E-state index contributed by atoms with van der Waals surface area (Å²) in [7, 11) is 0. The second-order valence-electron chi connectivity index (χ2n) is 2.18. The Bertz CT molecular complexity index is 347. The van der Waals surface area contributed by atoms with E-state index in [1.165, 1.54) is 0 Å². The third-order valence-corrected chi connectivity index (χ3v) is 1.51. The monoisotopic (exact) mass is 202 g/mol. The molecule has 0 aliphatic carbocycles. The Morgan fingerprint density at radius 3 is 1.69 bits per heavy atom. The molecule has 0 radical (unpaired) electrons. The van der Waals surface area contributed by atoms with E-state index in [1.54, 1.807) is 0 Å². The average Bonchev–Trinajstić information content (AvgIpc) is 2.03. The van der Waals surface area contributed by atoms with E-state index in [0.717, 1.165) is 18.2 Å². The summed E-state index contributed by atoms with van der Waals surface area (Å²) in [6, 6.07) is 2.95. The average molecular weight is 203 g/mol. The van der Waals surface area contributed by atoms with Crippen LogP contribution in [0.4, 0.5) is 11.4 Å². The third kappa shape index (κ3) is 2.12. The van der Waals surface area contributed by atoms with Gasteiger partial charge in [-0.05, 0) is 0 Å². The molecular formula is C6H3ClN2O4. The molecule has 0 aliphatic rings. The summed E-state index contributed by atoms with van der Waals surface area (Å²) in [6.07, 6.45) is 0. The van der Waals surface area contributed by atoms with Crippen LogP contribution in [-0.2, 0) is 0 Å². The Morgan fingerprint density at radius 2 is 1.38 bits per heavy atom. The van der Waals surface area contributed by atoms with Crippen molar-refractivity contribution in [2.45, 2.75) is 0 Å². The molecule has 6 nitrogen and oxygen atoms in total. The molecule has 0 N–H and O–H groups in total. The van der Waals surface area contributed by atoms with Crippen LogP contribution in [0.3, 0.4) is 0 Å². The molecule has 1 aromatic rings. The summed E-state index contributed by atoms with van der Waals surface area (Å²) in [5, 5.41) is 20.5. The van der Waals surface area contributed by atoms with Crippen molar-refractivity contribution in [3.8, 4) is 0 Å². The highest BCUT2D eigenvalue weighted by molar-refractivity contribution is 6.31. The largest absolute Gasteiger partial charge is 0.277 e. The predicted octanol–water partition coefficient (Wildman–Crippen LogP) is 2.16. The molecule has 68 valence electrons. The molecule has 0 amide bonds. The zero-order chi connectivity index (χ0) is 10.0. The molecule has 0 unspecified atom stereocenters. The lowest BCUT2D eigenvalue weighted by molar-refractivity contribution is -0.394. The highest BCUT2D eigenvalue weighted by atomic mass is 35.5. The Hall–Kier alpha value is -1.69. The number of nitro groups is 2. The fourth-order valence-electron chi connectivity index (χ4n) is 0.770. The van der Waals surface area contributed by atoms with Gasteiger partial charge in [-0.15, -0.1) is 0 Å². The normalized spacial score (nSPS) is 9.62. The first-order valence-corrected chi connectivity index (χ1v) is 3.48. The van der Waals surface area contributed by atoms with E-state index < -0.39 is 9.85 Å². The van der Waals surface area contributed by atoms with Crippen molar-refractivity contribution in [3.05, 3.63) is 43.5 Å². The van der Waals surface area contributed by atoms with Gasteiger partial charge in [-0.25, -0.2) is 0 Å². The maximum atomic E-state index is 10.3. The molecule has 0 saturated carbocycles. The first-order valence-electron chi connectivity index (χ1n) is 3.10. The van der Waals surface area contributed by atoms with Crippen molar-refractivity contribution in [1.82, 2.24) is 0 Å². The van der Waals surface area contributed by atoms with Gasteiger partial charge in [0, 0.05) is 12.1 Å². The van der Waals surface area contributed by atoms with Crippen LogP contribution >= 0.6 is 11.6 Å². The summed E-state index contributed by atoms with van der Waals surface area (Å²) in [6.45, 7) is 0. The molecule has 0 aromatic heterocycles. The molecule has 0 aliphatic heterocycles. The van der Waals surface area contributed by atoms with Crippen molar-refractivity contribution < 1.29 is 9.85 Å². The number of nitro benzene ring substituents is 2. The number of nitrogens with zero attached hydrogens (tertiary/aromatic N) is 2. The quantitative estimate of drug-likeness (QED) is 0.543. The smallest absolute Gasteiger partial charge is 0.258 e. The zero-order valence-corrected chi connectivity index (χ0v) is 6.89. The maximum absolute atomic E-state index is 10.3. The summed E-state index contributed by atoms with van der Waals surface area (Å²) < 4.78 is 0. The van der Waals surface area contributed by atoms with Crippen LogP contribution in [0.15, 0.2) is 18.2 Å². The zero-order valence-electron chi connectivity index (χ0n) is 6.14. The van der Waals surface area contributed by atoms with Crippen LogP contribution in [0.5, 0.6) is 0 Å². The SMILES string of the molecule is O=[N+]([O-])c1cc(Cl)cc([N+](=O)[O-])c1. The van der Waals surface area contributed by atoms with E-state index in [2.05, 4.69) is 0 Å². The van der Waals surface area contributed by atoms with Crippen LogP contribution in [0.25, 0.3) is 0 Å². The highest BCUT2D eigenvalue weighted by Crippen LogP contribution is 2.25. The molecule has 0 heterocycles. The van der Waals surface area contributed by atoms with Crippen molar-refractivity contribution >= 4 is 23.0 Å². The standard InChI is InChI=1S/C6H3ClN2O4/c7-4-1-5(8(10)11)3-6(2-4)9(12)13/h1-3H. The van der Waals surface area contributed by atoms with E-state index in [4.69, 9.17) is 11.6 Å². The van der Waals surface area contributed by atoms with Gasteiger partial charge in [0.1, 0.15) is 0 Å². The Balaban J connectivity index is 3.26. The highest BCUT2D eigenvalue weighted by Gasteiger charge is 2.15. The molecule has 0 spiro atoms. The van der Waals surface area contributed by atoms with E-state index in [1.807, 2.05) is 0 Å². The lowest BCUT2D eigenvalue weighted by Gasteiger charge is -1.93. The van der Waals surface area contributed by atoms with Crippen LogP contribution in [0.1, 0.15) is 0 Å². The second-order valence-corrected chi connectivity index (χ2v) is 2.62. The van der Waals surface area contributed by atoms with Crippen LogP contribution in [0.2, 0.25) is 5.02 Å². The van der Waals surface area contributed by atoms with Gasteiger partial charge in [0.2, 0.25) is 0 Å². The fourth-order valence-corrected chi connectivity index (χ4v) is 0.993. The maximum Gasteiger partial charge on any atom is 0.277 e. The summed E-state index contributed by atoms with van der Waals surface area (Å²) in [5.74, 6) is 0. The number of hydrogen-bond acceptors (Lipinski definition) is 4. The predicted molar refractivity (Wildman–Crippen MR) is 44.8 cm³/mol. The van der Waals surface area contributed by atoms with Gasteiger partial charge < -0.3 is 0 Å². The first kappa shape index (κ1) is 9.40. The van der Waals surface area contributed by atoms with Crippen molar-refractivity contribution in [2.24, 2.45) is 0 Å². The first-order chi connectivity index (χ1) is 6.00. The number of hydrogen-bond donors (Lipinski definition) is 0. The van der Waals surface area contributed by atoms with Gasteiger partial charge in [-0.3, -0.25) is 20.2 Å². The minimum atomic E-state index is -0.737. The summed E-state index contributed by atoms with van der Waals surface area (Å²) >= 11 is 5.43. The molecule has 7 heteroatoms. The van der Waals surface area contributed by atoms with E-state index in [0.29, 0.717) is 0 Å². The fraction of sp³-hybridized carbons (Fsp3) is 0. The minimum Gasteiger partial charge on any atom is -0.258 e. The molecule has 0 saturated heterocycles. The molecule has 1 aromatic carbocycles. The van der Waals surface area contributed by atoms with Crippen LogP contribution < -0.4 is 0 Å². The Morgan fingerprint density at radius 1 is 1.00 bits per heavy atom. The topological polar surface area (TPSA) is 86.3 Å². The molecule has 0 atom stereocenters. The van der Waals surface area contributed by atoms with Gasteiger partial charge in [0.05, 0.1) is 20.9 Å². The Kier molecular flexibility index (Phi) is 2.43. The number of rotatable bonds is 2. The van der Waals surface area contributed by atoms with E-state index in [-0.39, 0.29) is 16.4 Å². The van der Waals surface area contributed by atoms with Crippen molar-refractivity contribution in [1.29, 1.82) is 0 Å².